The fraction of sp³-hybridized carbons (Fsp3) is 0.286. The summed E-state index contributed by atoms with van der Waals surface area (Å²) in [4.78, 5) is 28.2. The largest absolute Gasteiger partial charge is 0.417 e. The van der Waals surface area contributed by atoms with E-state index in [-0.39, 0.29) is 23.0 Å². The number of carbonyl (C=O) groups is 2. The van der Waals surface area contributed by atoms with Gasteiger partial charge in [0.25, 0.3) is 5.91 Å². The van der Waals surface area contributed by atoms with E-state index in [1.54, 1.807) is 18.2 Å². The Balaban J connectivity index is 1.94. The highest BCUT2D eigenvalue weighted by Crippen LogP contribution is 2.38. The number of hydrogen-bond donors (Lipinski definition) is 1. The molecule has 1 aromatic rings. The molecule has 0 saturated carbocycles. The number of aliphatic imine (C=N–C) groups is 1. The number of nitrogens with zero attached hydrogens (tertiary/aromatic N) is 1. The van der Waals surface area contributed by atoms with Crippen molar-refractivity contribution in [1.82, 2.24) is 5.32 Å². The average molecular weight is 388 g/mol. The van der Waals surface area contributed by atoms with E-state index in [4.69, 9.17) is 0 Å². The molecule has 0 radical (unpaired) electrons. The zero-order valence-corrected chi connectivity index (χ0v) is 15.6. The Morgan fingerprint density at radius 2 is 1.79 bits per heavy atom. The molecule has 2 amide bonds. The third-order valence-corrected chi connectivity index (χ3v) is 4.55. The second-order valence-corrected chi connectivity index (χ2v) is 7.66. The van der Waals surface area contributed by atoms with Crippen molar-refractivity contribution in [3.63, 3.8) is 0 Å². The van der Waals surface area contributed by atoms with E-state index >= 15 is 0 Å². The molecular weight excluding hydrogens is 369 g/mol. The van der Waals surface area contributed by atoms with Gasteiger partial charge in [-0.2, -0.15) is 13.2 Å². The van der Waals surface area contributed by atoms with Crippen molar-refractivity contribution in [2.75, 3.05) is 0 Å². The topological polar surface area (TPSA) is 58.5 Å². The van der Waals surface area contributed by atoms with Crippen molar-refractivity contribution in [2.24, 2.45) is 16.3 Å². The first-order chi connectivity index (χ1) is 13.0. The Bertz CT molecular complexity index is 961. The van der Waals surface area contributed by atoms with Gasteiger partial charge in [-0.3, -0.25) is 9.59 Å². The number of benzene rings is 1. The van der Waals surface area contributed by atoms with E-state index in [0.29, 0.717) is 5.70 Å². The number of hydrogen-bond acceptors (Lipinski definition) is 2. The summed E-state index contributed by atoms with van der Waals surface area (Å²) in [6.45, 7) is 5.97. The molecule has 1 unspecified atom stereocenters. The number of allylic oxidation sites excluding steroid dienone is 3. The van der Waals surface area contributed by atoms with Gasteiger partial charge in [0.2, 0.25) is 5.91 Å². The molecule has 3 rings (SSSR count). The van der Waals surface area contributed by atoms with Gasteiger partial charge >= 0.3 is 6.18 Å². The zero-order chi connectivity index (χ0) is 20.7. The van der Waals surface area contributed by atoms with Gasteiger partial charge in [0.05, 0.1) is 16.8 Å². The van der Waals surface area contributed by atoms with Crippen LogP contribution in [-0.2, 0) is 11.0 Å². The Hall–Kier alpha value is -2.96. The maximum Gasteiger partial charge on any atom is 0.417 e. The van der Waals surface area contributed by atoms with Crippen LogP contribution in [0.5, 0.6) is 0 Å². The summed E-state index contributed by atoms with van der Waals surface area (Å²) in [5.74, 6) is -1.44. The van der Waals surface area contributed by atoms with Crippen LogP contribution in [0, 0.1) is 11.3 Å². The summed E-state index contributed by atoms with van der Waals surface area (Å²) in [5, 5.41) is 2.72. The maximum atomic E-state index is 13.1. The predicted octanol–water partition coefficient (Wildman–Crippen LogP) is 4.46. The van der Waals surface area contributed by atoms with E-state index < -0.39 is 23.2 Å². The molecule has 1 aliphatic heterocycles. The predicted molar refractivity (Wildman–Crippen MR) is 99.6 cm³/mol. The van der Waals surface area contributed by atoms with Gasteiger partial charge in [0.1, 0.15) is 0 Å². The SMILES string of the molecule is CC(C)(C)C1=CC(=O)NC2=CC(=NC(=O)c3ccccc3C(F)(F)F)C=CC21. The summed E-state index contributed by atoms with van der Waals surface area (Å²) in [7, 11) is 0. The standard InChI is InChI=1S/C21H19F3N2O2/c1-20(2,3)16-11-18(27)26-17-10-12(8-9-13(16)17)25-19(28)14-6-4-5-7-15(14)21(22,23)24/h4-11,13H,1-3H3,(H,26,27). The Morgan fingerprint density at radius 1 is 1.11 bits per heavy atom. The van der Waals surface area contributed by atoms with E-state index in [2.05, 4.69) is 10.3 Å². The lowest BCUT2D eigenvalue weighted by molar-refractivity contribution is -0.137. The lowest BCUT2D eigenvalue weighted by atomic mass is 9.74. The molecule has 1 aliphatic carbocycles. The molecule has 4 nitrogen and oxygen atoms in total. The summed E-state index contributed by atoms with van der Waals surface area (Å²) >= 11 is 0. The summed E-state index contributed by atoms with van der Waals surface area (Å²) in [6.07, 6.45) is 1.80. The van der Waals surface area contributed by atoms with Crippen LogP contribution < -0.4 is 5.32 Å². The van der Waals surface area contributed by atoms with Gasteiger partial charge in [-0.25, -0.2) is 4.99 Å². The highest BCUT2D eigenvalue weighted by Gasteiger charge is 2.35. The van der Waals surface area contributed by atoms with Gasteiger partial charge < -0.3 is 5.32 Å². The quantitative estimate of drug-likeness (QED) is 0.772. The highest BCUT2D eigenvalue weighted by atomic mass is 19.4. The minimum atomic E-state index is -4.65. The van der Waals surface area contributed by atoms with Crippen LogP contribution in [0.25, 0.3) is 0 Å². The Kier molecular flexibility index (Phi) is 4.87. The molecule has 2 aliphatic rings. The van der Waals surface area contributed by atoms with Crippen molar-refractivity contribution < 1.29 is 22.8 Å². The monoisotopic (exact) mass is 388 g/mol. The van der Waals surface area contributed by atoms with Crippen LogP contribution in [0.4, 0.5) is 13.2 Å². The van der Waals surface area contributed by atoms with Gasteiger partial charge in [-0.1, -0.05) is 39.0 Å². The number of halogens is 3. The van der Waals surface area contributed by atoms with Gasteiger partial charge in [-0.15, -0.1) is 0 Å². The molecule has 0 fully saturated rings. The number of nitrogens with one attached hydrogen (secondary N) is 1. The maximum absolute atomic E-state index is 13.1. The zero-order valence-electron chi connectivity index (χ0n) is 15.6. The van der Waals surface area contributed by atoms with Gasteiger partial charge in [-0.05, 0) is 35.3 Å². The number of carbonyl (C=O) groups excluding carboxylic acids is 2. The third-order valence-electron chi connectivity index (χ3n) is 4.55. The number of amides is 2. The molecule has 0 bridgehead atoms. The Morgan fingerprint density at radius 3 is 2.43 bits per heavy atom. The minimum Gasteiger partial charge on any atom is -0.325 e. The first-order valence-electron chi connectivity index (χ1n) is 8.69. The molecule has 28 heavy (non-hydrogen) atoms. The highest BCUT2D eigenvalue weighted by molar-refractivity contribution is 6.14. The van der Waals surface area contributed by atoms with Crippen molar-refractivity contribution in [2.45, 2.75) is 26.9 Å². The van der Waals surface area contributed by atoms with Crippen LogP contribution in [0.2, 0.25) is 0 Å². The normalized spacial score (nSPS) is 21.0. The van der Waals surface area contributed by atoms with Crippen LogP contribution in [0.1, 0.15) is 36.7 Å². The molecule has 0 spiro atoms. The van der Waals surface area contributed by atoms with Crippen LogP contribution >= 0.6 is 0 Å². The molecule has 1 N–H and O–H groups in total. The molecule has 7 heteroatoms. The Labute approximate surface area is 160 Å². The third kappa shape index (κ3) is 3.98. The van der Waals surface area contributed by atoms with Crippen LogP contribution in [0.3, 0.4) is 0 Å². The van der Waals surface area contributed by atoms with E-state index in [1.165, 1.54) is 18.2 Å². The minimum absolute atomic E-state index is 0.172. The van der Waals surface area contributed by atoms with Gasteiger partial charge in [0, 0.05) is 17.7 Å². The second-order valence-electron chi connectivity index (χ2n) is 7.66. The average Bonchev–Trinajstić information content (AvgIpc) is 2.59. The van der Waals surface area contributed by atoms with Crippen molar-refractivity contribution >= 4 is 17.5 Å². The lowest BCUT2D eigenvalue weighted by Gasteiger charge is -2.34. The molecule has 146 valence electrons. The van der Waals surface area contributed by atoms with Crippen LogP contribution in [0.15, 0.2) is 64.8 Å². The fourth-order valence-electron chi connectivity index (χ4n) is 3.24. The number of fused-ring (bicyclic) bond motifs is 1. The van der Waals surface area contributed by atoms with Gasteiger partial charge in [0.15, 0.2) is 0 Å². The molecular formula is C21H19F3N2O2. The van der Waals surface area contributed by atoms with Crippen LogP contribution in [-0.4, -0.2) is 17.5 Å². The first kappa shape index (κ1) is 19.8. The summed E-state index contributed by atoms with van der Waals surface area (Å²) in [6, 6.07) is 4.52. The number of alkyl halides is 3. The fourth-order valence-corrected chi connectivity index (χ4v) is 3.24. The van der Waals surface area contributed by atoms with E-state index in [1.807, 2.05) is 20.8 Å². The molecule has 1 aromatic carbocycles. The first-order valence-corrected chi connectivity index (χ1v) is 8.69. The molecule has 1 atom stereocenters. The second kappa shape index (κ2) is 6.89. The van der Waals surface area contributed by atoms with Crippen molar-refractivity contribution in [3.05, 3.63) is 71.0 Å². The summed E-state index contributed by atoms with van der Waals surface area (Å²) in [5.41, 5.74) is -0.147. The number of rotatable bonds is 1. The molecule has 0 saturated heterocycles. The molecule has 1 heterocycles. The van der Waals surface area contributed by atoms with E-state index in [9.17, 15) is 22.8 Å². The van der Waals surface area contributed by atoms with Crippen molar-refractivity contribution in [1.29, 1.82) is 0 Å². The lowest BCUT2D eigenvalue weighted by Crippen LogP contribution is -2.36. The van der Waals surface area contributed by atoms with Crippen molar-refractivity contribution in [3.8, 4) is 0 Å². The summed E-state index contributed by atoms with van der Waals surface area (Å²) < 4.78 is 39.4. The van der Waals surface area contributed by atoms with E-state index in [0.717, 1.165) is 17.7 Å². The smallest absolute Gasteiger partial charge is 0.325 e. The molecule has 0 aromatic heterocycles.